The topological polar surface area (TPSA) is 76.0 Å². The molecule has 2 heterocycles. The number of hydrogen-bond donors (Lipinski definition) is 2. The molecule has 1 aromatic carbocycles. The van der Waals surface area contributed by atoms with Crippen LogP contribution in [0.1, 0.15) is 17.2 Å². The number of urea groups is 1. The molecule has 1 aliphatic rings. The zero-order valence-electron chi connectivity index (χ0n) is 11.9. The summed E-state index contributed by atoms with van der Waals surface area (Å²) in [6.45, 7) is 0. The molecule has 114 valence electrons. The maximum absolute atomic E-state index is 13.1. The highest BCUT2D eigenvalue weighted by Crippen LogP contribution is 2.29. The average molecular weight is 320 g/mol. The largest absolute Gasteiger partial charge is 0.327 e. The normalized spacial score (nSPS) is 16.7. The predicted molar refractivity (Wildman–Crippen MR) is 81.7 cm³/mol. The van der Waals surface area contributed by atoms with Gasteiger partial charge in [0.05, 0.1) is 11.6 Å². The van der Waals surface area contributed by atoms with E-state index >= 15 is 0 Å². The molecule has 2 N–H and O–H groups in total. The molecular weight excluding hydrogens is 307 g/mol. The molecule has 3 rings (SSSR count). The zero-order chi connectivity index (χ0) is 15.9. The predicted octanol–water partition coefficient (Wildman–Crippen LogP) is 1.87. The van der Waals surface area contributed by atoms with Gasteiger partial charge in [-0.2, -0.15) is 0 Å². The number of rotatable bonds is 2. The number of carbonyl (C=O) groups is 1. The van der Waals surface area contributed by atoms with Gasteiger partial charge in [-0.05, 0) is 24.0 Å². The number of thioether (sulfide) groups is 1. The molecule has 0 bridgehead atoms. The molecule has 2 amide bonds. The third kappa shape index (κ3) is 2.35. The minimum Gasteiger partial charge on any atom is -0.327 e. The van der Waals surface area contributed by atoms with Crippen LogP contribution in [0.4, 0.5) is 15.0 Å². The molecule has 0 spiro atoms. The van der Waals surface area contributed by atoms with Crippen LogP contribution in [-0.2, 0) is 7.05 Å². The first-order chi connectivity index (χ1) is 10.5. The quantitative estimate of drug-likeness (QED) is 0.654. The standard InChI is InChI=1S/C14H13FN4O2S/c1-19-12(20)9-10(7-3-5-8(15)6-4-7)16-13(21)17-11(9)18-14(19)22-2/h3-6,10H,1-2H3,(H2,16,17,21). The summed E-state index contributed by atoms with van der Waals surface area (Å²) in [5, 5.41) is 5.74. The van der Waals surface area contributed by atoms with Gasteiger partial charge in [0.15, 0.2) is 5.16 Å². The number of hydrogen-bond acceptors (Lipinski definition) is 4. The molecule has 1 unspecified atom stereocenters. The molecule has 1 aromatic heterocycles. The fourth-order valence-electron chi connectivity index (χ4n) is 2.39. The second-order valence-electron chi connectivity index (χ2n) is 4.81. The van der Waals surface area contributed by atoms with Crippen molar-refractivity contribution in [1.29, 1.82) is 0 Å². The average Bonchev–Trinajstić information content (AvgIpc) is 2.50. The van der Waals surface area contributed by atoms with Crippen molar-refractivity contribution in [2.24, 2.45) is 7.05 Å². The summed E-state index contributed by atoms with van der Waals surface area (Å²) in [6.07, 6.45) is 1.80. The maximum atomic E-state index is 13.1. The van der Waals surface area contributed by atoms with E-state index in [0.717, 1.165) is 0 Å². The number of aromatic nitrogens is 2. The third-order valence-electron chi connectivity index (χ3n) is 3.47. The highest BCUT2D eigenvalue weighted by atomic mass is 32.2. The highest BCUT2D eigenvalue weighted by molar-refractivity contribution is 7.98. The molecule has 22 heavy (non-hydrogen) atoms. The molecule has 0 aliphatic carbocycles. The van der Waals surface area contributed by atoms with Crippen molar-refractivity contribution in [3.8, 4) is 0 Å². The van der Waals surface area contributed by atoms with Crippen LogP contribution < -0.4 is 16.2 Å². The lowest BCUT2D eigenvalue weighted by Crippen LogP contribution is -2.43. The minimum absolute atomic E-state index is 0.241. The molecule has 1 atom stereocenters. The van der Waals surface area contributed by atoms with Gasteiger partial charge in [0.25, 0.3) is 5.56 Å². The number of anilines is 1. The highest BCUT2D eigenvalue weighted by Gasteiger charge is 2.31. The Bertz CT molecular complexity index is 804. The van der Waals surface area contributed by atoms with Gasteiger partial charge >= 0.3 is 6.03 Å². The van der Waals surface area contributed by atoms with Gasteiger partial charge in [-0.25, -0.2) is 14.2 Å². The number of amides is 2. The van der Waals surface area contributed by atoms with Gasteiger partial charge in [-0.3, -0.25) is 14.7 Å². The zero-order valence-corrected chi connectivity index (χ0v) is 12.7. The third-order valence-corrected chi connectivity index (χ3v) is 4.20. The molecule has 8 heteroatoms. The van der Waals surface area contributed by atoms with Crippen LogP contribution in [0.3, 0.4) is 0 Å². The van der Waals surface area contributed by atoms with Crippen molar-refractivity contribution in [2.75, 3.05) is 11.6 Å². The summed E-state index contributed by atoms with van der Waals surface area (Å²) in [5.74, 6) is -0.140. The van der Waals surface area contributed by atoms with Crippen molar-refractivity contribution in [3.05, 3.63) is 51.6 Å². The van der Waals surface area contributed by atoms with E-state index in [1.54, 1.807) is 13.3 Å². The van der Waals surface area contributed by atoms with Gasteiger partial charge in [0.2, 0.25) is 0 Å². The van der Waals surface area contributed by atoms with E-state index in [2.05, 4.69) is 15.6 Å². The molecule has 2 aromatic rings. The van der Waals surface area contributed by atoms with E-state index in [1.807, 2.05) is 0 Å². The van der Waals surface area contributed by atoms with E-state index in [9.17, 15) is 14.0 Å². The van der Waals surface area contributed by atoms with Crippen LogP contribution in [0.15, 0.2) is 34.2 Å². The van der Waals surface area contributed by atoms with Crippen LogP contribution in [-0.4, -0.2) is 21.8 Å². The van der Waals surface area contributed by atoms with Crippen LogP contribution in [0, 0.1) is 5.82 Å². The molecule has 0 fully saturated rings. The Kier molecular flexibility index (Phi) is 3.61. The number of halogens is 1. The lowest BCUT2D eigenvalue weighted by atomic mass is 9.98. The fraction of sp³-hybridized carbons (Fsp3) is 0.214. The Hall–Kier alpha value is -2.35. The first kappa shape index (κ1) is 14.6. The van der Waals surface area contributed by atoms with E-state index in [-0.39, 0.29) is 17.2 Å². The fourth-order valence-corrected chi connectivity index (χ4v) is 2.93. The van der Waals surface area contributed by atoms with Crippen molar-refractivity contribution >= 4 is 23.6 Å². The second-order valence-corrected chi connectivity index (χ2v) is 5.58. The van der Waals surface area contributed by atoms with Crippen molar-refractivity contribution in [1.82, 2.24) is 14.9 Å². The number of carbonyl (C=O) groups excluding carboxylic acids is 1. The number of nitrogens with one attached hydrogen (secondary N) is 2. The van der Waals surface area contributed by atoms with E-state index in [0.29, 0.717) is 16.3 Å². The summed E-state index contributed by atoms with van der Waals surface area (Å²) < 4.78 is 14.5. The Morgan fingerprint density at radius 1 is 1.27 bits per heavy atom. The van der Waals surface area contributed by atoms with Crippen molar-refractivity contribution in [3.63, 3.8) is 0 Å². The number of nitrogens with zero attached hydrogens (tertiary/aromatic N) is 2. The molecule has 0 saturated heterocycles. The minimum atomic E-state index is -0.661. The van der Waals surface area contributed by atoms with Gasteiger partial charge in [-0.15, -0.1) is 0 Å². The smallest absolute Gasteiger partial charge is 0.321 e. The monoisotopic (exact) mass is 320 g/mol. The van der Waals surface area contributed by atoms with Crippen molar-refractivity contribution < 1.29 is 9.18 Å². The van der Waals surface area contributed by atoms with E-state index < -0.39 is 12.1 Å². The van der Waals surface area contributed by atoms with E-state index in [1.165, 1.54) is 40.6 Å². The number of benzene rings is 1. The number of fused-ring (bicyclic) bond motifs is 1. The molecular formula is C14H13FN4O2S. The second kappa shape index (κ2) is 5.45. The lowest BCUT2D eigenvalue weighted by molar-refractivity contribution is 0.248. The molecule has 1 aliphatic heterocycles. The van der Waals surface area contributed by atoms with Gasteiger partial charge < -0.3 is 5.32 Å². The Morgan fingerprint density at radius 3 is 2.59 bits per heavy atom. The summed E-state index contributed by atoms with van der Waals surface area (Å²) in [7, 11) is 1.62. The summed E-state index contributed by atoms with van der Waals surface area (Å²) in [4.78, 5) is 28.7. The summed E-state index contributed by atoms with van der Waals surface area (Å²) in [5.41, 5.74) is 0.705. The van der Waals surface area contributed by atoms with Crippen LogP contribution in [0.25, 0.3) is 0 Å². The molecule has 0 saturated carbocycles. The van der Waals surface area contributed by atoms with Crippen LogP contribution in [0.5, 0.6) is 0 Å². The van der Waals surface area contributed by atoms with Crippen LogP contribution >= 0.6 is 11.8 Å². The lowest BCUT2D eigenvalue weighted by Gasteiger charge is -2.27. The Morgan fingerprint density at radius 2 is 1.95 bits per heavy atom. The van der Waals surface area contributed by atoms with Gasteiger partial charge in [0, 0.05) is 7.05 Å². The SMILES string of the molecule is CSc1nc2c(c(=O)n1C)C(c1ccc(F)cc1)NC(=O)N2. The molecule has 0 radical (unpaired) electrons. The summed E-state index contributed by atoms with van der Waals surface area (Å²) in [6, 6.07) is 4.55. The van der Waals surface area contributed by atoms with Gasteiger partial charge in [-0.1, -0.05) is 23.9 Å². The maximum Gasteiger partial charge on any atom is 0.321 e. The summed E-state index contributed by atoms with van der Waals surface area (Å²) >= 11 is 1.31. The Labute approximate surface area is 129 Å². The van der Waals surface area contributed by atoms with E-state index in [4.69, 9.17) is 0 Å². The Balaban J connectivity index is 2.20. The molecule has 6 nitrogen and oxygen atoms in total. The first-order valence-electron chi connectivity index (χ1n) is 6.49. The first-order valence-corrected chi connectivity index (χ1v) is 7.71. The van der Waals surface area contributed by atoms with Gasteiger partial charge in [0.1, 0.15) is 11.6 Å². The van der Waals surface area contributed by atoms with Crippen LogP contribution in [0.2, 0.25) is 0 Å². The van der Waals surface area contributed by atoms with Crippen molar-refractivity contribution in [2.45, 2.75) is 11.2 Å².